The van der Waals surface area contributed by atoms with E-state index in [1.54, 1.807) is 14.2 Å². The Morgan fingerprint density at radius 3 is 2.55 bits per heavy atom. The summed E-state index contributed by atoms with van der Waals surface area (Å²) in [6.07, 6.45) is 6.19. The Hall–Kier alpha value is -3.04. The number of hydrogen-bond donors (Lipinski definition) is 1. The molecule has 31 heavy (non-hydrogen) atoms. The fourth-order valence-corrected chi connectivity index (χ4v) is 5.30. The van der Waals surface area contributed by atoms with E-state index < -0.39 is 0 Å². The average molecular weight is 413 g/mol. The van der Waals surface area contributed by atoms with Crippen molar-refractivity contribution in [3.05, 3.63) is 88.5 Å². The zero-order valence-electron chi connectivity index (χ0n) is 18.2. The highest BCUT2D eigenvalue weighted by molar-refractivity contribution is 5.83. The van der Waals surface area contributed by atoms with Crippen LogP contribution in [0.3, 0.4) is 0 Å². The molecule has 1 N–H and O–H groups in total. The SMILES string of the molecule is COc1ccc(CC2CC=C(CO)c3c2ccc2c3CCc3ccccc3-2)cc1OC. The number of fused-ring (bicyclic) bond motifs is 5. The Balaban J connectivity index is 1.56. The molecular formula is C28H28O3. The lowest BCUT2D eigenvalue weighted by Crippen LogP contribution is -2.16. The lowest BCUT2D eigenvalue weighted by Gasteiger charge is -2.31. The molecule has 0 aliphatic heterocycles. The van der Waals surface area contributed by atoms with Crippen LogP contribution in [0.4, 0.5) is 0 Å². The Kier molecular flexibility index (Phi) is 5.29. The molecule has 0 heterocycles. The lowest BCUT2D eigenvalue weighted by atomic mass is 9.73. The summed E-state index contributed by atoms with van der Waals surface area (Å²) in [5, 5.41) is 10.1. The molecule has 158 valence electrons. The first-order valence-corrected chi connectivity index (χ1v) is 11.0. The molecule has 0 saturated heterocycles. The first kappa shape index (κ1) is 19.9. The van der Waals surface area contributed by atoms with Crippen molar-refractivity contribution in [3.63, 3.8) is 0 Å². The maximum absolute atomic E-state index is 10.1. The summed E-state index contributed by atoms with van der Waals surface area (Å²) in [5.41, 5.74) is 10.4. The molecule has 0 spiro atoms. The summed E-state index contributed by atoms with van der Waals surface area (Å²) < 4.78 is 10.9. The van der Waals surface area contributed by atoms with Crippen LogP contribution < -0.4 is 9.47 Å². The van der Waals surface area contributed by atoms with E-state index in [1.165, 1.54) is 38.9 Å². The minimum atomic E-state index is 0.0914. The molecule has 3 aromatic carbocycles. The van der Waals surface area contributed by atoms with Gasteiger partial charge in [-0.05, 0) is 88.3 Å². The lowest BCUT2D eigenvalue weighted by molar-refractivity contribution is 0.349. The molecule has 1 atom stereocenters. The first-order valence-electron chi connectivity index (χ1n) is 11.0. The number of allylic oxidation sites excluding steroid dienone is 1. The van der Waals surface area contributed by atoms with Gasteiger partial charge in [-0.1, -0.05) is 48.5 Å². The van der Waals surface area contributed by atoms with Crippen molar-refractivity contribution in [1.29, 1.82) is 0 Å². The van der Waals surface area contributed by atoms with Gasteiger partial charge in [0.1, 0.15) is 0 Å². The van der Waals surface area contributed by atoms with Crippen molar-refractivity contribution < 1.29 is 14.6 Å². The maximum atomic E-state index is 10.1. The van der Waals surface area contributed by atoms with Crippen LogP contribution in [0.1, 0.15) is 40.2 Å². The molecular weight excluding hydrogens is 384 g/mol. The van der Waals surface area contributed by atoms with Crippen LogP contribution in [-0.4, -0.2) is 25.9 Å². The van der Waals surface area contributed by atoms with E-state index >= 15 is 0 Å². The third kappa shape index (κ3) is 3.43. The predicted octanol–water partition coefficient (Wildman–Crippen LogP) is 5.58. The molecule has 1 unspecified atom stereocenters. The third-order valence-electron chi connectivity index (χ3n) is 6.81. The quantitative estimate of drug-likeness (QED) is 0.595. The standard InChI is InChI=1S/C28H28O3/c1-30-26-14-7-18(16-27(26)31-2)15-20-8-9-21(17-29)28-23(20)12-13-24-22-6-4-3-5-19(22)10-11-25(24)28/h3-7,9,12-14,16,20,29H,8,10-11,15,17H2,1-2H3. The summed E-state index contributed by atoms with van der Waals surface area (Å²) in [4.78, 5) is 0. The number of aliphatic hydroxyl groups excluding tert-OH is 1. The van der Waals surface area contributed by atoms with E-state index in [-0.39, 0.29) is 6.61 Å². The molecule has 5 rings (SSSR count). The Morgan fingerprint density at radius 2 is 1.74 bits per heavy atom. The topological polar surface area (TPSA) is 38.7 Å². The van der Waals surface area contributed by atoms with E-state index in [1.807, 2.05) is 6.07 Å². The molecule has 2 aliphatic carbocycles. The largest absolute Gasteiger partial charge is 0.493 e. The molecule has 0 fully saturated rings. The normalized spacial score (nSPS) is 16.6. The van der Waals surface area contributed by atoms with E-state index in [2.05, 4.69) is 54.6 Å². The minimum Gasteiger partial charge on any atom is -0.493 e. The summed E-state index contributed by atoms with van der Waals surface area (Å²) in [5.74, 6) is 1.90. The van der Waals surface area contributed by atoms with E-state index in [0.717, 1.165) is 42.8 Å². The van der Waals surface area contributed by atoms with Crippen LogP contribution in [-0.2, 0) is 19.3 Å². The zero-order valence-corrected chi connectivity index (χ0v) is 18.2. The molecule has 0 saturated carbocycles. The van der Waals surface area contributed by atoms with Gasteiger partial charge in [-0.3, -0.25) is 0 Å². The van der Waals surface area contributed by atoms with Crippen molar-refractivity contribution in [1.82, 2.24) is 0 Å². The molecule has 0 bridgehead atoms. The summed E-state index contributed by atoms with van der Waals surface area (Å²) in [6.45, 7) is 0.0914. The van der Waals surface area contributed by atoms with Crippen molar-refractivity contribution >= 4 is 5.57 Å². The Labute approximate surface area is 184 Å². The van der Waals surface area contributed by atoms with Gasteiger partial charge in [-0.15, -0.1) is 0 Å². The summed E-state index contributed by atoms with van der Waals surface area (Å²) in [7, 11) is 3.34. The van der Waals surface area contributed by atoms with Crippen LogP contribution in [0.2, 0.25) is 0 Å². The maximum Gasteiger partial charge on any atom is 0.160 e. The van der Waals surface area contributed by atoms with E-state index in [0.29, 0.717) is 5.92 Å². The number of hydrogen-bond acceptors (Lipinski definition) is 3. The number of rotatable bonds is 5. The third-order valence-corrected chi connectivity index (χ3v) is 6.81. The fourth-order valence-electron chi connectivity index (χ4n) is 5.30. The second kappa shape index (κ2) is 8.24. The van der Waals surface area contributed by atoms with Gasteiger partial charge in [0.05, 0.1) is 20.8 Å². The minimum absolute atomic E-state index is 0.0914. The second-order valence-electron chi connectivity index (χ2n) is 8.43. The van der Waals surface area contributed by atoms with Gasteiger partial charge >= 0.3 is 0 Å². The highest BCUT2D eigenvalue weighted by Crippen LogP contribution is 2.44. The van der Waals surface area contributed by atoms with Gasteiger partial charge in [0.15, 0.2) is 11.5 Å². The van der Waals surface area contributed by atoms with Crippen molar-refractivity contribution in [2.45, 2.75) is 31.6 Å². The van der Waals surface area contributed by atoms with E-state index in [9.17, 15) is 5.11 Å². The van der Waals surface area contributed by atoms with Crippen LogP contribution in [0.25, 0.3) is 16.7 Å². The number of aliphatic hydroxyl groups is 1. The summed E-state index contributed by atoms with van der Waals surface area (Å²) >= 11 is 0. The number of benzene rings is 3. The molecule has 3 heteroatoms. The number of ether oxygens (including phenoxy) is 2. The van der Waals surface area contributed by atoms with Crippen molar-refractivity contribution in [2.75, 3.05) is 20.8 Å². The van der Waals surface area contributed by atoms with Gasteiger partial charge in [-0.25, -0.2) is 0 Å². The van der Waals surface area contributed by atoms with Gasteiger partial charge in [-0.2, -0.15) is 0 Å². The molecule has 0 radical (unpaired) electrons. The average Bonchev–Trinajstić information content (AvgIpc) is 2.83. The molecule has 3 aromatic rings. The van der Waals surface area contributed by atoms with Crippen LogP contribution in [0, 0.1) is 0 Å². The number of aryl methyl sites for hydroxylation is 1. The zero-order chi connectivity index (χ0) is 21.4. The predicted molar refractivity (Wildman–Crippen MR) is 125 cm³/mol. The highest BCUT2D eigenvalue weighted by Gasteiger charge is 2.28. The summed E-state index contributed by atoms with van der Waals surface area (Å²) in [6, 6.07) is 19.5. The smallest absolute Gasteiger partial charge is 0.160 e. The Morgan fingerprint density at radius 1 is 0.903 bits per heavy atom. The van der Waals surface area contributed by atoms with Crippen LogP contribution >= 0.6 is 0 Å². The van der Waals surface area contributed by atoms with Gasteiger partial charge in [0.25, 0.3) is 0 Å². The van der Waals surface area contributed by atoms with Gasteiger partial charge in [0.2, 0.25) is 0 Å². The van der Waals surface area contributed by atoms with Crippen molar-refractivity contribution in [3.8, 4) is 22.6 Å². The van der Waals surface area contributed by atoms with Crippen LogP contribution in [0.5, 0.6) is 11.5 Å². The molecule has 0 aromatic heterocycles. The van der Waals surface area contributed by atoms with Gasteiger partial charge < -0.3 is 14.6 Å². The van der Waals surface area contributed by atoms with Crippen molar-refractivity contribution in [2.24, 2.45) is 0 Å². The Bertz CT molecular complexity index is 1160. The highest BCUT2D eigenvalue weighted by atomic mass is 16.5. The molecule has 0 amide bonds. The van der Waals surface area contributed by atoms with Crippen LogP contribution in [0.15, 0.2) is 60.7 Å². The molecule has 3 nitrogen and oxygen atoms in total. The number of methoxy groups -OCH3 is 2. The van der Waals surface area contributed by atoms with E-state index in [4.69, 9.17) is 9.47 Å². The fraction of sp³-hybridized carbons (Fsp3) is 0.286. The molecule has 2 aliphatic rings. The monoisotopic (exact) mass is 412 g/mol. The van der Waals surface area contributed by atoms with Gasteiger partial charge in [0, 0.05) is 0 Å². The first-order chi connectivity index (χ1) is 15.2. The second-order valence-corrected chi connectivity index (χ2v) is 8.43.